The van der Waals surface area contributed by atoms with Crippen LogP contribution >= 0.6 is 23.4 Å². The number of aromatic nitrogens is 3. The first-order valence-corrected chi connectivity index (χ1v) is 16.2. The number of halogens is 1. The number of nitrogens with zero attached hydrogens (tertiary/aromatic N) is 3. The topological polar surface area (TPSA) is 90.3 Å². The SMILES string of the molecule is CCCCSc1nc2n(n1)C(c1ccc(OCc3ccccc3Cl)c(OCC)c1)C(C(=O)Nc1cccc(C)c1C)=C(C)N2. The van der Waals surface area contributed by atoms with E-state index in [1.54, 1.807) is 16.4 Å². The number of fused-ring (bicyclic) bond motifs is 1. The molecule has 8 nitrogen and oxygen atoms in total. The number of hydrogen-bond acceptors (Lipinski definition) is 7. The minimum atomic E-state index is -0.554. The molecule has 2 heterocycles. The molecule has 0 saturated heterocycles. The minimum absolute atomic E-state index is 0.216. The summed E-state index contributed by atoms with van der Waals surface area (Å²) in [7, 11) is 0. The smallest absolute Gasteiger partial charge is 0.255 e. The molecular formula is C34H38ClN5O3S. The fraction of sp³-hybridized carbons (Fsp3) is 0.324. The van der Waals surface area contributed by atoms with Crippen LogP contribution < -0.4 is 20.1 Å². The predicted octanol–water partition coefficient (Wildman–Crippen LogP) is 8.35. The highest BCUT2D eigenvalue weighted by atomic mass is 35.5. The number of aryl methyl sites for hydroxylation is 1. The Hall–Kier alpha value is -3.95. The molecule has 0 radical (unpaired) electrons. The molecule has 1 atom stereocenters. The van der Waals surface area contributed by atoms with E-state index >= 15 is 0 Å². The van der Waals surface area contributed by atoms with Gasteiger partial charge < -0.3 is 20.1 Å². The Labute approximate surface area is 268 Å². The van der Waals surface area contributed by atoms with E-state index in [0.29, 0.717) is 52.1 Å². The first-order chi connectivity index (χ1) is 21.3. The van der Waals surface area contributed by atoms with Crippen LogP contribution in [0.15, 0.2) is 77.1 Å². The third-order valence-corrected chi connectivity index (χ3v) is 8.88. The number of carbonyl (C=O) groups is 1. The van der Waals surface area contributed by atoms with Gasteiger partial charge in [-0.25, -0.2) is 4.68 Å². The van der Waals surface area contributed by atoms with Crippen molar-refractivity contribution in [1.82, 2.24) is 14.8 Å². The largest absolute Gasteiger partial charge is 0.490 e. The quantitative estimate of drug-likeness (QED) is 0.120. The molecular weight excluding hydrogens is 594 g/mol. The van der Waals surface area contributed by atoms with Gasteiger partial charge in [0.1, 0.15) is 12.6 Å². The number of amides is 1. The fourth-order valence-electron chi connectivity index (χ4n) is 5.03. The zero-order chi connectivity index (χ0) is 31.2. The normalized spacial score (nSPS) is 14.2. The highest BCUT2D eigenvalue weighted by Gasteiger charge is 2.35. The molecule has 3 aromatic carbocycles. The molecule has 0 fully saturated rings. The van der Waals surface area contributed by atoms with Gasteiger partial charge in [-0.3, -0.25) is 4.79 Å². The molecule has 1 aliphatic rings. The molecule has 1 aliphatic heterocycles. The summed E-state index contributed by atoms with van der Waals surface area (Å²) < 4.78 is 14.0. The average Bonchev–Trinajstić information content (AvgIpc) is 3.41. The molecule has 4 aromatic rings. The fourth-order valence-corrected chi connectivity index (χ4v) is 6.13. The van der Waals surface area contributed by atoms with Crippen LogP contribution in [-0.2, 0) is 11.4 Å². The van der Waals surface area contributed by atoms with E-state index in [-0.39, 0.29) is 5.91 Å². The number of nitrogens with one attached hydrogen (secondary N) is 2. The molecule has 5 rings (SSSR count). The van der Waals surface area contributed by atoms with Gasteiger partial charge in [-0.05, 0) is 75.1 Å². The zero-order valence-electron chi connectivity index (χ0n) is 25.7. The van der Waals surface area contributed by atoms with E-state index in [4.69, 9.17) is 31.2 Å². The van der Waals surface area contributed by atoms with Crippen LogP contribution in [0.25, 0.3) is 0 Å². The molecule has 0 bridgehead atoms. The molecule has 1 amide bonds. The monoisotopic (exact) mass is 631 g/mol. The summed E-state index contributed by atoms with van der Waals surface area (Å²) in [5.74, 6) is 2.45. The molecule has 0 saturated carbocycles. The lowest BCUT2D eigenvalue weighted by molar-refractivity contribution is -0.113. The van der Waals surface area contributed by atoms with Crippen molar-refractivity contribution in [2.75, 3.05) is 23.0 Å². The number of anilines is 2. The molecule has 10 heteroatoms. The second kappa shape index (κ2) is 14.2. The van der Waals surface area contributed by atoms with Gasteiger partial charge >= 0.3 is 0 Å². The maximum atomic E-state index is 14.1. The van der Waals surface area contributed by atoms with Crippen molar-refractivity contribution >= 4 is 40.9 Å². The third-order valence-electron chi connectivity index (χ3n) is 7.58. The Balaban J connectivity index is 1.54. The minimum Gasteiger partial charge on any atom is -0.490 e. The number of thioether (sulfide) groups is 1. The van der Waals surface area contributed by atoms with E-state index in [1.807, 2.05) is 88.4 Å². The second-order valence-electron chi connectivity index (χ2n) is 10.7. The summed E-state index contributed by atoms with van der Waals surface area (Å²) in [6.45, 7) is 10.8. The lowest BCUT2D eigenvalue weighted by Crippen LogP contribution is -2.31. The van der Waals surface area contributed by atoms with Crippen molar-refractivity contribution in [2.45, 2.75) is 65.3 Å². The van der Waals surface area contributed by atoms with Crippen molar-refractivity contribution in [3.63, 3.8) is 0 Å². The van der Waals surface area contributed by atoms with Gasteiger partial charge in [-0.15, -0.1) is 5.10 Å². The highest BCUT2D eigenvalue weighted by molar-refractivity contribution is 7.99. The molecule has 1 aromatic heterocycles. The second-order valence-corrected chi connectivity index (χ2v) is 12.1. The van der Waals surface area contributed by atoms with Crippen LogP contribution in [0.2, 0.25) is 5.02 Å². The van der Waals surface area contributed by atoms with Crippen LogP contribution in [-0.4, -0.2) is 33.0 Å². The Morgan fingerprint density at radius 1 is 1.05 bits per heavy atom. The van der Waals surface area contributed by atoms with E-state index < -0.39 is 6.04 Å². The number of carbonyl (C=O) groups excluding carboxylic acids is 1. The number of benzene rings is 3. The van der Waals surface area contributed by atoms with Gasteiger partial charge in [0.2, 0.25) is 11.1 Å². The van der Waals surface area contributed by atoms with E-state index in [1.165, 1.54) is 0 Å². The summed E-state index contributed by atoms with van der Waals surface area (Å²) >= 11 is 7.98. The molecule has 230 valence electrons. The van der Waals surface area contributed by atoms with Crippen molar-refractivity contribution < 1.29 is 14.3 Å². The van der Waals surface area contributed by atoms with E-state index in [2.05, 4.69) is 17.6 Å². The number of hydrogen-bond donors (Lipinski definition) is 2. The summed E-state index contributed by atoms with van der Waals surface area (Å²) in [6.07, 6.45) is 2.16. The van der Waals surface area contributed by atoms with Crippen molar-refractivity contribution in [3.05, 3.63) is 99.2 Å². The van der Waals surface area contributed by atoms with Crippen molar-refractivity contribution in [2.24, 2.45) is 0 Å². The van der Waals surface area contributed by atoms with Gasteiger partial charge in [-0.1, -0.05) is 73.1 Å². The standard InChI is InChI=1S/C34H38ClN5O3S/c1-6-8-18-44-34-38-33-36-23(5)30(32(41)37-27-15-11-12-21(3)22(27)4)31(40(33)39-34)24-16-17-28(29(19-24)42-7-2)43-20-25-13-9-10-14-26(25)35/h9-17,19,31H,6-8,18,20H2,1-5H3,(H,37,41)(H,36,38,39). The molecule has 0 spiro atoms. The van der Waals surface area contributed by atoms with Gasteiger partial charge in [0.05, 0.1) is 12.2 Å². The zero-order valence-corrected chi connectivity index (χ0v) is 27.3. The molecule has 1 unspecified atom stereocenters. The Morgan fingerprint density at radius 2 is 1.86 bits per heavy atom. The number of ether oxygens (including phenoxy) is 2. The summed E-state index contributed by atoms with van der Waals surface area (Å²) in [6, 6.07) is 18.7. The van der Waals surface area contributed by atoms with Gasteiger partial charge in [-0.2, -0.15) is 4.98 Å². The van der Waals surface area contributed by atoms with Gasteiger partial charge in [0.15, 0.2) is 11.5 Å². The summed E-state index contributed by atoms with van der Waals surface area (Å²) in [5, 5.41) is 12.7. The van der Waals surface area contributed by atoms with E-state index in [0.717, 1.165) is 46.5 Å². The maximum absolute atomic E-state index is 14.1. The maximum Gasteiger partial charge on any atom is 0.255 e. The number of rotatable bonds is 12. The lowest BCUT2D eigenvalue weighted by Gasteiger charge is -2.29. The van der Waals surface area contributed by atoms with Crippen LogP contribution in [0.1, 0.15) is 61.9 Å². The highest BCUT2D eigenvalue weighted by Crippen LogP contribution is 2.40. The summed E-state index contributed by atoms with van der Waals surface area (Å²) in [4.78, 5) is 18.8. The van der Waals surface area contributed by atoms with Crippen molar-refractivity contribution in [1.29, 1.82) is 0 Å². The Morgan fingerprint density at radius 3 is 2.64 bits per heavy atom. The van der Waals surface area contributed by atoms with Crippen LogP contribution in [0, 0.1) is 13.8 Å². The number of unbranched alkanes of at least 4 members (excludes halogenated alkanes) is 1. The van der Waals surface area contributed by atoms with E-state index in [9.17, 15) is 4.79 Å². The Kier molecular flexibility index (Phi) is 10.2. The van der Waals surface area contributed by atoms with Gasteiger partial charge in [0, 0.05) is 27.7 Å². The number of allylic oxidation sites excluding steroid dienone is 1. The van der Waals surface area contributed by atoms with Crippen molar-refractivity contribution in [3.8, 4) is 11.5 Å². The van der Waals surface area contributed by atoms with Gasteiger partial charge in [0.25, 0.3) is 5.91 Å². The Bertz CT molecular complexity index is 1690. The first-order valence-electron chi connectivity index (χ1n) is 14.9. The molecule has 0 aliphatic carbocycles. The first kappa shape index (κ1) is 31.5. The van der Waals surface area contributed by atoms with Crippen LogP contribution in [0.5, 0.6) is 11.5 Å². The third kappa shape index (κ3) is 6.89. The average molecular weight is 632 g/mol. The predicted molar refractivity (Wildman–Crippen MR) is 178 cm³/mol. The summed E-state index contributed by atoms with van der Waals surface area (Å²) in [5.41, 5.74) is 5.85. The molecule has 44 heavy (non-hydrogen) atoms. The lowest BCUT2D eigenvalue weighted by atomic mass is 9.94. The van der Waals surface area contributed by atoms with Crippen LogP contribution in [0.3, 0.4) is 0 Å². The molecule has 2 N–H and O–H groups in total. The van der Waals surface area contributed by atoms with Crippen LogP contribution in [0.4, 0.5) is 11.6 Å².